The van der Waals surface area contributed by atoms with Gasteiger partial charge in [0.2, 0.25) is 0 Å². The molecular formula is C12H15FN2O. The molecule has 0 aromatic carbocycles. The first kappa shape index (κ1) is 11.0. The van der Waals surface area contributed by atoms with Crippen molar-refractivity contribution in [3.8, 4) is 0 Å². The van der Waals surface area contributed by atoms with Crippen LogP contribution >= 0.6 is 0 Å². The minimum Gasteiger partial charge on any atom is -0.356 e. The minimum absolute atomic E-state index is 0.0978. The van der Waals surface area contributed by atoms with Crippen molar-refractivity contribution in [1.82, 2.24) is 4.98 Å². The third kappa shape index (κ3) is 2.38. The lowest BCUT2D eigenvalue weighted by atomic mass is 9.95. The van der Waals surface area contributed by atoms with Gasteiger partial charge in [0.1, 0.15) is 17.4 Å². The third-order valence-corrected chi connectivity index (χ3v) is 3.03. The van der Waals surface area contributed by atoms with Crippen LogP contribution in [0.2, 0.25) is 0 Å². The Bertz CT molecular complexity index is 377. The zero-order chi connectivity index (χ0) is 11.5. The highest BCUT2D eigenvalue weighted by Crippen LogP contribution is 2.21. The van der Waals surface area contributed by atoms with Gasteiger partial charge in [0.05, 0.1) is 6.20 Å². The summed E-state index contributed by atoms with van der Waals surface area (Å²) in [5, 5.41) is 0. The molecule has 2 rings (SSSR count). The van der Waals surface area contributed by atoms with Gasteiger partial charge in [0, 0.05) is 19.0 Å². The molecular weight excluding hydrogens is 207 g/mol. The molecule has 86 valence electrons. The summed E-state index contributed by atoms with van der Waals surface area (Å²) in [5.41, 5.74) is 0. The van der Waals surface area contributed by atoms with E-state index in [-0.39, 0.29) is 17.5 Å². The maximum Gasteiger partial charge on any atom is 0.141 e. The monoisotopic (exact) mass is 222 g/mol. The first-order valence-electron chi connectivity index (χ1n) is 5.54. The van der Waals surface area contributed by atoms with Crippen LogP contribution in [0.5, 0.6) is 0 Å². The van der Waals surface area contributed by atoms with Crippen molar-refractivity contribution in [3.05, 3.63) is 24.1 Å². The van der Waals surface area contributed by atoms with Crippen molar-refractivity contribution in [2.45, 2.75) is 19.8 Å². The molecule has 1 fully saturated rings. The Hall–Kier alpha value is -1.45. The fourth-order valence-corrected chi connectivity index (χ4v) is 2.07. The third-order valence-electron chi connectivity index (χ3n) is 3.03. The van der Waals surface area contributed by atoms with Crippen molar-refractivity contribution in [1.29, 1.82) is 0 Å². The molecule has 16 heavy (non-hydrogen) atoms. The maximum atomic E-state index is 12.7. The van der Waals surface area contributed by atoms with Crippen molar-refractivity contribution in [3.63, 3.8) is 0 Å². The number of piperidine rings is 1. The highest BCUT2D eigenvalue weighted by atomic mass is 19.1. The molecule has 1 aliphatic heterocycles. The Labute approximate surface area is 94.3 Å². The molecule has 3 nitrogen and oxygen atoms in total. The minimum atomic E-state index is -0.330. The number of nitrogens with zero attached hydrogens (tertiary/aromatic N) is 2. The van der Waals surface area contributed by atoms with Gasteiger partial charge >= 0.3 is 0 Å². The lowest BCUT2D eigenvalue weighted by molar-refractivity contribution is -0.120. The average Bonchev–Trinajstić information content (AvgIpc) is 2.30. The predicted molar refractivity (Wildman–Crippen MR) is 59.8 cm³/mol. The van der Waals surface area contributed by atoms with E-state index in [2.05, 4.69) is 9.88 Å². The van der Waals surface area contributed by atoms with Crippen molar-refractivity contribution in [2.24, 2.45) is 5.92 Å². The van der Waals surface area contributed by atoms with Gasteiger partial charge in [-0.25, -0.2) is 9.37 Å². The summed E-state index contributed by atoms with van der Waals surface area (Å²) in [5.74, 6) is 0.753. The van der Waals surface area contributed by atoms with Crippen LogP contribution < -0.4 is 4.90 Å². The molecule has 1 unspecified atom stereocenters. The highest BCUT2D eigenvalue weighted by Gasteiger charge is 2.23. The first-order chi connectivity index (χ1) is 7.66. The lowest BCUT2D eigenvalue weighted by Crippen LogP contribution is -2.38. The Kier molecular flexibility index (Phi) is 3.17. The largest absolute Gasteiger partial charge is 0.356 e. The van der Waals surface area contributed by atoms with E-state index in [1.165, 1.54) is 12.3 Å². The molecule has 0 amide bonds. The topological polar surface area (TPSA) is 33.2 Å². The van der Waals surface area contributed by atoms with Crippen LogP contribution in [0.15, 0.2) is 18.3 Å². The van der Waals surface area contributed by atoms with Crippen LogP contribution in [-0.4, -0.2) is 23.9 Å². The Morgan fingerprint density at radius 2 is 2.38 bits per heavy atom. The first-order valence-corrected chi connectivity index (χ1v) is 5.54. The molecule has 0 aliphatic carbocycles. The fourth-order valence-electron chi connectivity index (χ4n) is 2.07. The smallest absolute Gasteiger partial charge is 0.141 e. The van der Waals surface area contributed by atoms with Crippen LogP contribution in [0.4, 0.5) is 10.2 Å². The predicted octanol–water partition coefficient (Wildman–Crippen LogP) is 2.03. The molecule has 0 radical (unpaired) electrons. The second kappa shape index (κ2) is 4.60. The Morgan fingerprint density at radius 3 is 3.00 bits per heavy atom. The molecule has 1 aliphatic rings. The van der Waals surface area contributed by atoms with Gasteiger partial charge in [-0.05, 0) is 31.9 Å². The van der Waals surface area contributed by atoms with Crippen molar-refractivity contribution >= 4 is 11.6 Å². The van der Waals surface area contributed by atoms with Crippen molar-refractivity contribution in [2.75, 3.05) is 18.0 Å². The fraction of sp³-hybridized carbons (Fsp3) is 0.500. The van der Waals surface area contributed by atoms with E-state index >= 15 is 0 Å². The van der Waals surface area contributed by atoms with Crippen LogP contribution in [-0.2, 0) is 4.79 Å². The number of hydrogen-bond donors (Lipinski definition) is 0. The van der Waals surface area contributed by atoms with Gasteiger partial charge in [-0.15, -0.1) is 0 Å². The van der Waals surface area contributed by atoms with Gasteiger partial charge in [0.25, 0.3) is 0 Å². The molecule has 2 heterocycles. The van der Waals surface area contributed by atoms with E-state index in [0.717, 1.165) is 25.2 Å². The molecule has 0 N–H and O–H groups in total. The van der Waals surface area contributed by atoms with Crippen LogP contribution in [0.3, 0.4) is 0 Å². The zero-order valence-corrected chi connectivity index (χ0v) is 9.32. The normalized spacial score (nSPS) is 20.9. The summed E-state index contributed by atoms with van der Waals surface area (Å²) in [6, 6.07) is 3.07. The Morgan fingerprint density at radius 1 is 1.56 bits per heavy atom. The summed E-state index contributed by atoms with van der Waals surface area (Å²) in [6.07, 6.45) is 3.16. The van der Waals surface area contributed by atoms with Gasteiger partial charge in [-0.3, -0.25) is 4.79 Å². The second-order valence-electron chi connectivity index (χ2n) is 4.23. The summed E-state index contributed by atoms with van der Waals surface area (Å²) in [7, 11) is 0. The molecule has 1 aromatic rings. The summed E-state index contributed by atoms with van der Waals surface area (Å²) >= 11 is 0. The van der Waals surface area contributed by atoms with Crippen LogP contribution in [0.1, 0.15) is 19.8 Å². The zero-order valence-electron chi connectivity index (χ0n) is 9.32. The van der Waals surface area contributed by atoms with E-state index in [1.807, 2.05) is 0 Å². The van der Waals surface area contributed by atoms with Gasteiger partial charge in [0.15, 0.2) is 0 Å². The van der Waals surface area contributed by atoms with Crippen molar-refractivity contribution < 1.29 is 9.18 Å². The number of halogens is 1. The average molecular weight is 222 g/mol. The molecule has 0 spiro atoms. The van der Waals surface area contributed by atoms with E-state index in [4.69, 9.17) is 0 Å². The number of Topliss-reactive ketones (excluding diaryl/α,β-unsaturated/α-hetero) is 1. The maximum absolute atomic E-state index is 12.7. The lowest BCUT2D eigenvalue weighted by Gasteiger charge is -2.32. The summed E-state index contributed by atoms with van der Waals surface area (Å²) < 4.78 is 12.7. The SMILES string of the molecule is CC(=O)C1CCCN(c2ccc(F)cn2)C1. The summed E-state index contributed by atoms with van der Waals surface area (Å²) in [6.45, 7) is 3.22. The van der Waals surface area contributed by atoms with E-state index < -0.39 is 0 Å². The number of ketones is 1. The molecule has 4 heteroatoms. The standard InChI is InChI=1S/C12H15FN2O/c1-9(16)10-3-2-6-15(8-10)12-5-4-11(13)7-14-12/h4-5,7,10H,2-3,6,8H2,1H3. The van der Waals surface area contributed by atoms with Gasteiger partial charge in [-0.2, -0.15) is 0 Å². The van der Waals surface area contributed by atoms with E-state index in [0.29, 0.717) is 6.54 Å². The quantitative estimate of drug-likeness (QED) is 0.767. The van der Waals surface area contributed by atoms with E-state index in [1.54, 1.807) is 13.0 Å². The molecule has 1 aromatic heterocycles. The Balaban J connectivity index is 2.09. The molecule has 1 atom stereocenters. The highest BCUT2D eigenvalue weighted by molar-refractivity contribution is 5.79. The number of carbonyl (C=O) groups excluding carboxylic acids is 1. The molecule has 1 saturated heterocycles. The van der Waals surface area contributed by atoms with Gasteiger partial charge in [-0.1, -0.05) is 0 Å². The van der Waals surface area contributed by atoms with Crippen LogP contribution in [0, 0.1) is 11.7 Å². The number of anilines is 1. The van der Waals surface area contributed by atoms with E-state index in [9.17, 15) is 9.18 Å². The van der Waals surface area contributed by atoms with Crippen LogP contribution in [0.25, 0.3) is 0 Å². The number of hydrogen-bond acceptors (Lipinski definition) is 3. The second-order valence-corrected chi connectivity index (χ2v) is 4.23. The van der Waals surface area contributed by atoms with Gasteiger partial charge < -0.3 is 4.90 Å². The number of rotatable bonds is 2. The molecule has 0 saturated carbocycles. The summed E-state index contributed by atoms with van der Waals surface area (Å²) in [4.78, 5) is 17.4. The number of carbonyl (C=O) groups is 1. The number of pyridine rings is 1. The molecule has 0 bridgehead atoms. The number of aromatic nitrogens is 1.